The van der Waals surface area contributed by atoms with E-state index in [1.165, 1.54) is 0 Å². The second kappa shape index (κ2) is 4.61. The first-order chi connectivity index (χ1) is 3.71. The molecule has 2 unspecified atom stereocenters. The second-order valence-corrected chi connectivity index (χ2v) is 7.58. The minimum Gasteiger partial charge on any atom is -1.00 e. The van der Waals surface area contributed by atoms with Crippen LogP contribution in [0.4, 0.5) is 0 Å². The van der Waals surface area contributed by atoms with E-state index in [4.69, 9.17) is 9.79 Å². The van der Waals surface area contributed by atoms with E-state index in [0.717, 1.165) is 13.3 Å². The fourth-order valence-corrected chi connectivity index (χ4v) is 4.38. The molecule has 10 heavy (non-hydrogen) atoms. The third kappa shape index (κ3) is 12.3. The van der Waals surface area contributed by atoms with Gasteiger partial charge in [0.05, 0.1) is 0 Å². The summed E-state index contributed by atoms with van der Waals surface area (Å²) >= 11 is 0. The quantitative estimate of drug-likeness (QED) is 0.521. The molecular weight excluding hydrogens is 202 g/mol. The van der Waals surface area contributed by atoms with Gasteiger partial charge in [-0.05, 0) is 0 Å². The average molecular weight is 214 g/mol. The van der Waals surface area contributed by atoms with Gasteiger partial charge in [-0.3, -0.25) is 9.13 Å². The Morgan fingerprint density at radius 1 is 1.20 bits per heavy atom. The van der Waals surface area contributed by atoms with Crippen LogP contribution in [0.1, 0.15) is 2.85 Å². The Morgan fingerprint density at radius 2 is 1.40 bits per heavy atom. The molecule has 60 valence electrons. The first-order valence-corrected chi connectivity index (χ1v) is 6.88. The predicted molar refractivity (Wildman–Crippen MR) is 44.3 cm³/mol. The van der Waals surface area contributed by atoms with Crippen LogP contribution in [-0.4, -0.2) is 66.8 Å². The fraction of sp³-hybridized carbons (Fsp3) is 1.00. The van der Waals surface area contributed by atoms with Gasteiger partial charge in [-0.25, -0.2) is 0 Å². The first-order valence-electron chi connectivity index (χ1n) is 2.29. The van der Waals surface area contributed by atoms with E-state index in [-0.39, 0.29) is 40.6 Å². The minimum atomic E-state index is -3.30. The van der Waals surface area contributed by atoms with Crippen LogP contribution in [0.25, 0.3) is 0 Å². The molecule has 0 saturated carbocycles. The Morgan fingerprint density at radius 3 is 1.40 bits per heavy atom. The molecule has 0 saturated heterocycles. The van der Waals surface area contributed by atoms with Gasteiger partial charge in [-0.1, -0.05) is 0 Å². The first kappa shape index (κ1) is 14.2. The molecule has 7 heteroatoms. The van der Waals surface area contributed by atoms with Crippen molar-refractivity contribution in [1.29, 1.82) is 0 Å². The standard InChI is InChI=1S/C3H10O4P2.Ca.2H/c1-8(4,5)3-9(2,6)7;;;/h3H2,1-2H3,(H,4,5)(H,6,7);;;/q;+2;2*-1. The van der Waals surface area contributed by atoms with Gasteiger partial charge in [-0.2, -0.15) is 0 Å². The fourth-order valence-electron chi connectivity index (χ4n) is 0.487. The monoisotopic (exact) mass is 214 g/mol. The van der Waals surface area contributed by atoms with Crippen LogP contribution in [0.5, 0.6) is 0 Å². The number of hydrogen-bond acceptors (Lipinski definition) is 2. The molecule has 0 aromatic heterocycles. The summed E-state index contributed by atoms with van der Waals surface area (Å²) in [5.41, 5.74) is 0. The van der Waals surface area contributed by atoms with Gasteiger partial charge in [0.15, 0.2) is 0 Å². The number of hydrogen-bond donors (Lipinski definition) is 2. The molecule has 0 aliphatic carbocycles. The van der Waals surface area contributed by atoms with Crippen molar-refractivity contribution in [3.05, 3.63) is 0 Å². The molecule has 0 heterocycles. The molecule has 0 aliphatic heterocycles. The largest absolute Gasteiger partial charge is 2.00 e. The van der Waals surface area contributed by atoms with Crippen LogP contribution in [0.15, 0.2) is 0 Å². The molecule has 0 amide bonds. The molecule has 0 bridgehead atoms. The van der Waals surface area contributed by atoms with E-state index in [1.807, 2.05) is 0 Å². The maximum absolute atomic E-state index is 10.5. The van der Waals surface area contributed by atoms with Crippen molar-refractivity contribution in [3.8, 4) is 0 Å². The summed E-state index contributed by atoms with van der Waals surface area (Å²) in [5, 5.41) is 0. The van der Waals surface area contributed by atoms with Gasteiger partial charge >= 0.3 is 37.7 Å². The van der Waals surface area contributed by atoms with Crippen LogP contribution in [0.3, 0.4) is 0 Å². The maximum Gasteiger partial charge on any atom is 2.00 e. The maximum atomic E-state index is 10.5. The van der Waals surface area contributed by atoms with Crippen molar-refractivity contribution < 1.29 is 21.8 Å². The molecule has 0 aromatic rings. The summed E-state index contributed by atoms with van der Waals surface area (Å²) in [5.74, 6) is -0.486. The summed E-state index contributed by atoms with van der Waals surface area (Å²) in [6.45, 7) is 2.14. The topological polar surface area (TPSA) is 74.6 Å². The Hall–Kier alpha value is 1.64. The van der Waals surface area contributed by atoms with Crippen molar-refractivity contribution in [1.82, 2.24) is 0 Å². The van der Waals surface area contributed by atoms with E-state index in [0.29, 0.717) is 0 Å². The molecule has 4 nitrogen and oxygen atoms in total. The Labute approximate surface area is 92.9 Å². The summed E-state index contributed by atoms with van der Waals surface area (Å²) in [6, 6.07) is 0. The van der Waals surface area contributed by atoms with E-state index in [1.54, 1.807) is 0 Å². The Bertz CT molecular complexity index is 167. The normalized spacial score (nSPS) is 22.0. The minimum absolute atomic E-state index is 0. The Balaban J connectivity index is -0.000000107. The molecule has 2 atom stereocenters. The Kier molecular flexibility index (Phi) is 6.54. The molecule has 0 aromatic carbocycles. The third-order valence-electron chi connectivity index (χ3n) is 0.525. The van der Waals surface area contributed by atoms with E-state index < -0.39 is 20.6 Å². The second-order valence-electron chi connectivity index (χ2n) is 2.24. The molecular formula is C3H12CaO4P2. The van der Waals surface area contributed by atoms with E-state index >= 15 is 0 Å². The summed E-state index contributed by atoms with van der Waals surface area (Å²) < 4.78 is 20.9. The van der Waals surface area contributed by atoms with Gasteiger partial charge in [-0.15, -0.1) is 0 Å². The van der Waals surface area contributed by atoms with Crippen LogP contribution in [-0.2, 0) is 9.13 Å². The van der Waals surface area contributed by atoms with Crippen LogP contribution in [0.2, 0.25) is 0 Å². The van der Waals surface area contributed by atoms with Gasteiger partial charge in [0.1, 0.15) is 5.90 Å². The number of rotatable bonds is 2. The third-order valence-corrected chi connectivity index (χ3v) is 4.72. The van der Waals surface area contributed by atoms with E-state index in [9.17, 15) is 9.13 Å². The average Bonchev–Trinajstić information content (AvgIpc) is 1.14. The zero-order valence-corrected chi connectivity index (χ0v) is 10.0. The van der Waals surface area contributed by atoms with Crippen LogP contribution in [0, 0.1) is 0 Å². The predicted octanol–water partition coefficient (Wildman–Crippen LogP) is 0.588. The van der Waals surface area contributed by atoms with Crippen LogP contribution < -0.4 is 0 Å². The van der Waals surface area contributed by atoms with Crippen molar-refractivity contribution in [2.24, 2.45) is 0 Å². The summed E-state index contributed by atoms with van der Waals surface area (Å²) in [6.07, 6.45) is 0. The zero-order chi connectivity index (χ0) is 7.71. The van der Waals surface area contributed by atoms with Crippen molar-refractivity contribution >= 4 is 52.5 Å². The summed E-state index contributed by atoms with van der Waals surface area (Å²) in [4.78, 5) is 17.2. The molecule has 0 aliphatic rings. The van der Waals surface area contributed by atoms with Crippen LogP contribution >= 0.6 is 14.7 Å². The van der Waals surface area contributed by atoms with E-state index in [2.05, 4.69) is 0 Å². The van der Waals surface area contributed by atoms with Crippen molar-refractivity contribution in [3.63, 3.8) is 0 Å². The van der Waals surface area contributed by atoms with Gasteiger partial charge in [0.2, 0.25) is 14.7 Å². The molecule has 0 fully saturated rings. The smallest absolute Gasteiger partial charge is 1.00 e. The van der Waals surface area contributed by atoms with Gasteiger partial charge in [0, 0.05) is 13.3 Å². The SMILES string of the molecule is CP(=O)(O)CP(C)(=O)O.[Ca+2].[H-].[H-]. The van der Waals surface area contributed by atoms with Crippen molar-refractivity contribution in [2.45, 2.75) is 0 Å². The molecule has 2 N–H and O–H groups in total. The zero-order valence-electron chi connectivity index (χ0n) is 8.02. The summed E-state index contributed by atoms with van der Waals surface area (Å²) in [7, 11) is -6.60. The molecule has 0 radical (unpaired) electrons. The van der Waals surface area contributed by atoms with Gasteiger partial charge in [0.25, 0.3) is 0 Å². The molecule has 0 spiro atoms. The molecule has 0 rings (SSSR count). The van der Waals surface area contributed by atoms with Crippen molar-refractivity contribution in [2.75, 3.05) is 19.2 Å². The van der Waals surface area contributed by atoms with Gasteiger partial charge < -0.3 is 12.6 Å².